The van der Waals surface area contributed by atoms with E-state index in [-0.39, 0.29) is 0 Å². The number of benzene rings is 3. The number of fused-ring (bicyclic) bond motifs is 4. The number of halogens is 1. The van der Waals surface area contributed by atoms with Gasteiger partial charge in [0.1, 0.15) is 4.70 Å². The van der Waals surface area contributed by atoms with Crippen LogP contribution in [0.15, 0.2) is 72.8 Å². The van der Waals surface area contributed by atoms with Gasteiger partial charge in [0.15, 0.2) is 6.54 Å². The van der Waals surface area contributed by atoms with Gasteiger partial charge in [0.25, 0.3) is 5.01 Å². The van der Waals surface area contributed by atoms with E-state index in [1.165, 1.54) is 43.2 Å². The zero-order valence-corrected chi connectivity index (χ0v) is 19.1. The molecule has 5 rings (SSSR count). The Morgan fingerprint density at radius 2 is 1.50 bits per heavy atom. The Morgan fingerprint density at radius 1 is 0.875 bits per heavy atom. The van der Waals surface area contributed by atoms with Gasteiger partial charge in [0, 0.05) is 31.4 Å². The summed E-state index contributed by atoms with van der Waals surface area (Å²) >= 11 is 1.89. The van der Waals surface area contributed by atoms with Gasteiger partial charge in [-0.05, 0) is 35.4 Å². The smallest absolute Gasteiger partial charge is 0.271 e. The molecule has 0 saturated heterocycles. The van der Waals surface area contributed by atoms with Crippen LogP contribution in [0.4, 0.5) is 5.69 Å². The van der Waals surface area contributed by atoms with Crippen molar-refractivity contribution in [3.05, 3.63) is 94.5 Å². The highest BCUT2D eigenvalue weighted by molar-refractivity contribution is 7.19. The summed E-state index contributed by atoms with van der Waals surface area (Å²) in [6.07, 6.45) is 2.33. The summed E-state index contributed by atoms with van der Waals surface area (Å²) in [5.41, 5.74) is 7.82. The molecule has 8 heteroatoms. The molecule has 0 saturated carbocycles. The molecule has 1 aromatic heterocycles. The first kappa shape index (κ1) is 22.4. The lowest BCUT2D eigenvalue weighted by atomic mass is 9.95. The van der Waals surface area contributed by atoms with Gasteiger partial charge in [-0.3, -0.25) is 0 Å². The van der Waals surface area contributed by atoms with Crippen molar-refractivity contribution in [2.24, 2.45) is 0 Å². The molecule has 0 fully saturated rings. The van der Waals surface area contributed by atoms with Crippen LogP contribution in [-0.4, -0.2) is 14.1 Å². The molecule has 32 heavy (non-hydrogen) atoms. The first-order chi connectivity index (χ1) is 15.2. The van der Waals surface area contributed by atoms with E-state index in [0.717, 1.165) is 6.54 Å². The SMILES string of the molecule is CN(C)c1ccc(C=C2c3ccccc3C[n+]3c2sc2ccccc23)cc1.[O-][Cl+3]([O-])([O-])[O-]. The minimum absolute atomic E-state index is 0.937. The highest BCUT2D eigenvalue weighted by Crippen LogP contribution is 2.36. The standard InChI is InChI=1S/C24H21N2S.ClHO4/c1-25(2)19-13-11-17(12-14-19)15-21-20-8-4-3-7-18(20)16-26-22-9-5-6-10-23(22)27-24(21)26;2-1(3,4)5/h3-15H,16H2,1-2H3;(H,2,3,4,5)/q+1;/p-1. The lowest BCUT2D eigenvalue weighted by molar-refractivity contribution is -2.00. The number of nitrogens with zero attached hydrogens (tertiary/aromatic N) is 2. The Morgan fingerprint density at radius 3 is 2.19 bits per heavy atom. The third-order valence-electron chi connectivity index (χ3n) is 5.19. The number of anilines is 1. The monoisotopic (exact) mass is 468 g/mol. The minimum Gasteiger partial charge on any atom is -0.378 e. The summed E-state index contributed by atoms with van der Waals surface area (Å²) in [7, 11) is -0.796. The molecular weight excluding hydrogens is 448 g/mol. The van der Waals surface area contributed by atoms with E-state index in [0.29, 0.717) is 0 Å². The predicted molar refractivity (Wildman–Crippen MR) is 115 cm³/mol. The van der Waals surface area contributed by atoms with Crippen LogP contribution in [-0.2, 0) is 6.54 Å². The summed E-state index contributed by atoms with van der Waals surface area (Å²) in [5.74, 6) is 0. The highest BCUT2D eigenvalue weighted by atomic mass is 35.7. The average molecular weight is 469 g/mol. The Kier molecular flexibility index (Phi) is 6.30. The quantitative estimate of drug-likeness (QED) is 0.350. The Labute approximate surface area is 192 Å². The van der Waals surface area contributed by atoms with Crippen LogP contribution in [0.3, 0.4) is 0 Å². The molecule has 4 aromatic rings. The number of hydrogen-bond acceptors (Lipinski definition) is 6. The van der Waals surface area contributed by atoms with E-state index < -0.39 is 10.2 Å². The molecule has 0 aliphatic carbocycles. The third-order valence-corrected chi connectivity index (χ3v) is 6.39. The topological polar surface area (TPSA) is 99.4 Å². The molecule has 0 N–H and O–H groups in total. The Balaban J connectivity index is 0.000000444. The largest absolute Gasteiger partial charge is 0.378 e. The number of aromatic nitrogens is 1. The normalized spacial score (nSPS) is 13.9. The van der Waals surface area contributed by atoms with Crippen molar-refractivity contribution in [2.75, 3.05) is 19.0 Å². The average Bonchev–Trinajstić information content (AvgIpc) is 3.11. The van der Waals surface area contributed by atoms with Crippen LogP contribution in [0.1, 0.15) is 21.7 Å². The van der Waals surface area contributed by atoms with Crippen molar-refractivity contribution in [1.82, 2.24) is 0 Å². The lowest BCUT2D eigenvalue weighted by Gasteiger charge is -2.17. The summed E-state index contributed by atoms with van der Waals surface area (Å²) in [5, 5.41) is 1.34. The first-order valence-electron chi connectivity index (χ1n) is 9.81. The molecule has 0 atom stereocenters. The summed E-state index contributed by atoms with van der Waals surface area (Å²) in [6, 6.07) is 26.3. The van der Waals surface area contributed by atoms with Crippen molar-refractivity contribution in [1.29, 1.82) is 0 Å². The second kappa shape index (κ2) is 8.99. The van der Waals surface area contributed by atoms with Crippen LogP contribution in [0, 0.1) is 10.2 Å². The second-order valence-corrected chi connectivity index (χ2v) is 9.33. The van der Waals surface area contributed by atoms with E-state index in [1.807, 2.05) is 11.3 Å². The summed E-state index contributed by atoms with van der Waals surface area (Å²) in [4.78, 5) is 2.13. The van der Waals surface area contributed by atoms with E-state index in [2.05, 4.69) is 102 Å². The lowest BCUT2D eigenvalue weighted by Crippen LogP contribution is -2.68. The number of thiazole rings is 1. The van der Waals surface area contributed by atoms with Gasteiger partial charge in [-0.15, -0.1) is 10.2 Å². The van der Waals surface area contributed by atoms with E-state index >= 15 is 0 Å². The zero-order chi connectivity index (χ0) is 22.9. The molecule has 0 bridgehead atoms. The van der Waals surface area contributed by atoms with Crippen LogP contribution >= 0.6 is 11.3 Å². The molecule has 164 valence electrons. The van der Waals surface area contributed by atoms with Gasteiger partial charge in [-0.1, -0.05) is 59.9 Å². The maximum Gasteiger partial charge on any atom is 0.271 e. The first-order valence-corrected chi connectivity index (χ1v) is 11.9. The molecule has 0 spiro atoms. The molecule has 3 aromatic carbocycles. The molecular formula is C24H21ClN2O4S. The molecule has 6 nitrogen and oxygen atoms in total. The third kappa shape index (κ3) is 4.99. The fourth-order valence-corrected chi connectivity index (χ4v) is 4.96. The Hall–Kier alpha value is -2.78. The van der Waals surface area contributed by atoms with Crippen molar-refractivity contribution in [3.8, 4) is 0 Å². The van der Waals surface area contributed by atoms with Gasteiger partial charge >= 0.3 is 0 Å². The van der Waals surface area contributed by atoms with Crippen LogP contribution < -0.4 is 28.1 Å². The van der Waals surface area contributed by atoms with E-state index in [1.54, 1.807) is 0 Å². The van der Waals surface area contributed by atoms with Gasteiger partial charge in [0.2, 0.25) is 5.52 Å². The highest BCUT2D eigenvalue weighted by Gasteiger charge is 2.31. The van der Waals surface area contributed by atoms with Crippen LogP contribution in [0.25, 0.3) is 21.9 Å². The Bertz CT molecular complexity index is 1270. The molecule has 2 heterocycles. The predicted octanol–water partition coefficient (Wildman–Crippen LogP) is 0.449. The number of hydrogen-bond donors (Lipinski definition) is 0. The molecule has 0 radical (unpaired) electrons. The van der Waals surface area contributed by atoms with Crippen molar-refractivity contribution in [2.45, 2.75) is 6.54 Å². The number of rotatable bonds is 2. The minimum atomic E-state index is -4.94. The van der Waals surface area contributed by atoms with Crippen molar-refractivity contribution in [3.63, 3.8) is 0 Å². The summed E-state index contributed by atoms with van der Waals surface area (Å²) in [6.45, 7) is 0.937. The maximum atomic E-state index is 8.49. The zero-order valence-electron chi connectivity index (χ0n) is 17.5. The van der Waals surface area contributed by atoms with Gasteiger partial charge in [-0.25, -0.2) is 18.6 Å². The molecule has 0 unspecified atom stereocenters. The molecule has 1 aliphatic heterocycles. The van der Waals surface area contributed by atoms with Crippen LogP contribution in [0.2, 0.25) is 0 Å². The maximum absolute atomic E-state index is 8.49. The van der Waals surface area contributed by atoms with Crippen molar-refractivity contribution < 1.29 is 33.4 Å². The van der Waals surface area contributed by atoms with Gasteiger partial charge in [-0.2, -0.15) is 4.57 Å². The van der Waals surface area contributed by atoms with E-state index in [4.69, 9.17) is 18.6 Å². The van der Waals surface area contributed by atoms with Crippen LogP contribution in [0.5, 0.6) is 0 Å². The van der Waals surface area contributed by atoms with Gasteiger partial charge in [0.05, 0.1) is 5.57 Å². The molecule has 1 aliphatic rings. The summed E-state index contributed by atoms with van der Waals surface area (Å²) < 4.78 is 37.8. The second-order valence-electron chi connectivity index (χ2n) is 7.54. The van der Waals surface area contributed by atoms with Crippen molar-refractivity contribution >= 4 is 38.9 Å². The van der Waals surface area contributed by atoms with E-state index in [9.17, 15) is 0 Å². The van der Waals surface area contributed by atoms with Gasteiger partial charge < -0.3 is 4.90 Å². The molecule has 0 amide bonds. The fourth-order valence-electron chi connectivity index (χ4n) is 3.77. The number of para-hydroxylation sites is 1. The fraction of sp³-hybridized carbons (Fsp3) is 0.125.